The minimum Gasteiger partial charge on any atom is -0.329 e. The van der Waals surface area contributed by atoms with E-state index in [2.05, 4.69) is 4.72 Å². The largest absolute Gasteiger partial charge is 0.329 e. The Morgan fingerprint density at radius 3 is 2.60 bits per heavy atom. The fourth-order valence-electron chi connectivity index (χ4n) is 1.65. The molecule has 4 nitrogen and oxygen atoms in total. The highest BCUT2D eigenvalue weighted by atomic mass is 35.5. The molecule has 0 aliphatic heterocycles. The average Bonchev–Trinajstić information content (AvgIpc) is 2.33. The van der Waals surface area contributed by atoms with Gasteiger partial charge in [0.25, 0.3) is 0 Å². The second kappa shape index (κ2) is 8.79. The number of nitrogens with one attached hydrogen (secondary N) is 1. The van der Waals surface area contributed by atoms with E-state index in [0.29, 0.717) is 6.42 Å². The summed E-state index contributed by atoms with van der Waals surface area (Å²) in [6, 6.07) is 3.07. The van der Waals surface area contributed by atoms with Crippen molar-refractivity contribution >= 4 is 34.0 Å². The Bertz CT molecular complexity index is 526. The Hall–Kier alpha value is -0.400. The first-order valence-corrected chi connectivity index (χ1v) is 7.94. The quantitative estimate of drug-likeness (QED) is 0.798. The molecule has 0 fully saturated rings. The van der Waals surface area contributed by atoms with Gasteiger partial charge < -0.3 is 5.73 Å². The lowest BCUT2D eigenvalue weighted by atomic mass is 10.1. The summed E-state index contributed by atoms with van der Waals surface area (Å²) in [7, 11) is -3.91. The molecular weight excluding hydrogens is 326 g/mol. The molecule has 1 aromatic carbocycles. The Morgan fingerprint density at radius 1 is 1.45 bits per heavy atom. The number of rotatable bonds is 7. The van der Waals surface area contributed by atoms with Gasteiger partial charge in [-0.05, 0) is 24.6 Å². The third-order valence-corrected chi connectivity index (χ3v) is 4.48. The molecule has 8 heteroatoms. The number of hydrogen-bond acceptors (Lipinski definition) is 3. The molecule has 1 aromatic rings. The Labute approximate surface area is 130 Å². The molecule has 0 aliphatic carbocycles. The molecule has 0 saturated carbocycles. The van der Waals surface area contributed by atoms with E-state index in [1.807, 2.05) is 6.92 Å². The van der Waals surface area contributed by atoms with Crippen LogP contribution in [-0.2, 0) is 10.0 Å². The predicted octanol–water partition coefficient (Wildman–Crippen LogP) is 2.70. The van der Waals surface area contributed by atoms with E-state index in [0.717, 1.165) is 25.0 Å². The average molecular weight is 345 g/mol. The van der Waals surface area contributed by atoms with Gasteiger partial charge in [-0.3, -0.25) is 0 Å². The lowest BCUT2D eigenvalue weighted by molar-refractivity contribution is 0.509. The molecule has 3 N–H and O–H groups in total. The SMILES string of the molecule is CCCCC(CN)NS(=O)(=O)c1ccc(Cl)cc1F.Cl. The van der Waals surface area contributed by atoms with Crippen LogP contribution in [0.15, 0.2) is 23.1 Å². The first-order valence-electron chi connectivity index (χ1n) is 6.08. The minimum absolute atomic E-state index is 0. The van der Waals surface area contributed by atoms with Gasteiger partial charge in [-0.15, -0.1) is 12.4 Å². The number of sulfonamides is 1. The van der Waals surface area contributed by atoms with Crippen LogP contribution in [0.1, 0.15) is 26.2 Å². The van der Waals surface area contributed by atoms with Crippen LogP contribution in [0.4, 0.5) is 4.39 Å². The topological polar surface area (TPSA) is 72.2 Å². The van der Waals surface area contributed by atoms with Gasteiger partial charge >= 0.3 is 0 Å². The molecule has 1 atom stereocenters. The monoisotopic (exact) mass is 344 g/mol. The summed E-state index contributed by atoms with van der Waals surface area (Å²) in [5.74, 6) is -0.869. The second-order valence-corrected chi connectivity index (χ2v) is 6.39. The molecular formula is C12H19Cl2FN2O2S. The van der Waals surface area contributed by atoms with Gasteiger partial charge in [-0.1, -0.05) is 31.4 Å². The molecule has 0 bridgehead atoms. The van der Waals surface area contributed by atoms with Crippen LogP contribution in [0.5, 0.6) is 0 Å². The normalized spacial score (nSPS) is 12.8. The highest BCUT2D eigenvalue weighted by Crippen LogP contribution is 2.19. The van der Waals surface area contributed by atoms with Gasteiger partial charge in [0, 0.05) is 17.6 Å². The Morgan fingerprint density at radius 2 is 2.10 bits per heavy atom. The molecule has 0 amide bonds. The van der Waals surface area contributed by atoms with Gasteiger partial charge in [-0.2, -0.15) is 0 Å². The Balaban J connectivity index is 0.00000361. The van der Waals surface area contributed by atoms with E-state index in [-0.39, 0.29) is 30.0 Å². The molecule has 0 aromatic heterocycles. The van der Waals surface area contributed by atoms with Crippen molar-refractivity contribution in [3.8, 4) is 0 Å². The molecule has 20 heavy (non-hydrogen) atoms. The van der Waals surface area contributed by atoms with Crippen LogP contribution in [0, 0.1) is 5.82 Å². The van der Waals surface area contributed by atoms with Gasteiger partial charge in [0.15, 0.2) is 0 Å². The van der Waals surface area contributed by atoms with Crippen molar-refractivity contribution in [2.45, 2.75) is 37.1 Å². The molecule has 0 heterocycles. The minimum atomic E-state index is -3.91. The number of benzene rings is 1. The number of unbranched alkanes of at least 4 members (excludes halogenated alkanes) is 1. The first-order chi connectivity index (χ1) is 8.90. The molecule has 1 unspecified atom stereocenters. The van der Waals surface area contributed by atoms with Crippen molar-refractivity contribution in [3.05, 3.63) is 29.0 Å². The van der Waals surface area contributed by atoms with Crippen LogP contribution in [0.3, 0.4) is 0 Å². The van der Waals surface area contributed by atoms with Crippen LogP contribution < -0.4 is 10.5 Å². The maximum absolute atomic E-state index is 13.6. The van der Waals surface area contributed by atoms with Gasteiger partial charge in [0.1, 0.15) is 10.7 Å². The maximum atomic E-state index is 13.6. The third-order valence-electron chi connectivity index (χ3n) is 2.70. The number of halogens is 3. The molecule has 1 rings (SSSR count). The fourth-order valence-corrected chi connectivity index (χ4v) is 3.15. The number of nitrogens with two attached hydrogens (primary N) is 1. The highest BCUT2D eigenvalue weighted by molar-refractivity contribution is 7.89. The van der Waals surface area contributed by atoms with E-state index in [9.17, 15) is 12.8 Å². The highest BCUT2D eigenvalue weighted by Gasteiger charge is 2.22. The standard InChI is InChI=1S/C12H18ClFN2O2S.ClH/c1-2-3-4-10(8-15)16-19(17,18)12-6-5-9(13)7-11(12)14;/h5-7,10,16H,2-4,8,15H2,1H3;1H. The summed E-state index contributed by atoms with van der Waals surface area (Å²) in [6.45, 7) is 2.18. The van der Waals surface area contributed by atoms with Gasteiger partial charge in [-0.25, -0.2) is 17.5 Å². The lowest BCUT2D eigenvalue weighted by Gasteiger charge is -2.16. The van der Waals surface area contributed by atoms with E-state index >= 15 is 0 Å². The zero-order chi connectivity index (χ0) is 14.5. The fraction of sp³-hybridized carbons (Fsp3) is 0.500. The van der Waals surface area contributed by atoms with Crippen molar-refractivity contribution in [2.24, 2.45) is 5.73 Å². The number of hydrogen-bond donors (Lipinski definition) is 2. The third kappa shape index (κ3) is 5.54. The molecule has 0 saturated heterocycles. The van der Waals surface area contributed by atoms with Crippen molar-refractivity contribution in [1.82, 2.24) is 4.72 Å². The summed E-state index contributed by atoms with van der Waals surface area (Å²) in [5, 5.41) is 0.151. The van der Waals surface area contributed by atoms with E-state index < -0.39 is 20.7 Å². The van der Waals surface area contributed by atoms with Crippen LogP contribution in [-0.4, -0.2) is 21.0 Å². The molecule has 116 valence electrons. The summed E-state index contributed by atoms with van der Waals surface area (Å²) < 4.78 is 40.1. The predicted molar refractivity (Wildman–Crippen MR) is 81.3 cm³/mol. The van der Waals surface area contributed by atoms with Crippen molar-refractivity contribution in [1.29, 1.82) is 0 Å². The summed E-state index contributed by atoms with van der Waals surface area (Å²) >= 11 is 5.59. The summed E-state index contributed by atoms with van der Waals surface area (Å²) in [5.41, 5.74) is 5.52. The van der Waals surface area contributed by atoms with Gasteiger partial charge in [0.05, 0.1) is 0 Å². The van der Waals surface area contributed by atoms with Crippen LogP contribution in [0.25, 0.3) is 0 Å². The van der Waals surface area contributed by atoms with Crippen molar-refractivity contribution in [2.75, 3.05) is 6.54 Å². The summed E-state index contributed by atoms with van der Waals surface area (Å²) in [6.07, 6.45) is 2.42. The van der Waals surface area contributed by atoms with E-state index in [1.54, 1.807) is 0 Å². The van der Waals surface area contributed by atoms with E-state index in [4.69, 9.17) is 17.3 Å². The van der Waals surface area contributed by atoms with Crippen molar-refractivity contribution in [3.63, 3.8) is 0 Å². The Kier molecular flexibility index (Phi) is 8.62. The zero-order valence-corrected chi connectivity index (χ0v) is 13.5. The molecule has 0 spiro atoms. The van der Waals surface area contributed by atoms with Gasteiger partial charge in [0.2, 0.25) is 10.0 Å². The molecule has 0 radical (unpaired) electrons. The second-order valence-electron chi connectivity index (χ2n) is 4.27. The van der Waals surface area contributed by atoms with Crippen LogP contribution >= 0.6 is 24.0 Å². The van der Waals surface area contributed by atoms with E-state index in [1.165, 1.54) is 6.07 Å². The maximum Gasteiger partial charge on any atom is 0.243 e. The smallest absolute Gasteiger partial charge is 0.243 e. The molecule has 0 aliphatic rings. The summed E-state index contributed by atoms with van der Waals surface area (Å²) in [4.78, 5) is -0.410. The zero-order valence-electron chi connectivity index (χ0n) is 11.1. The van der Waals surface area contributed by atoms with Crippen LogP contribution in [0.2, 0.25) is 5.02 Å². The lowest BCUT2D eigenvalue weighted by Crippen LogP contribution is -2.40. The first kappa shape index (κ1) is 19.6. The van der Waals surface area contributed by atoms with Crippen molar-refractivity contribution < 1.29 is 12.8 Å².